The van der Waals surface area contributed by atoms with Crippen LogP contribution in [-0.2, 0) is 19.6 Å². The number of imidazole rings is 1. The molecule has 0 aliphatic rings. The van der Waals surface area contributed by atoms with Gasteiger partial charge < -0.3 is 14.6 Å². The third-order valence-corrected chi connectivity index (χ3v) is 3.50. The summed E-state index contributed by atoms with van der Waals surface area (Å²) in [5.74, 6) is 1.85. The molecule has 0 amide bonds. The van der Waals surface area contributed by atoms with E-state index in [0.717, 1.165) is 30.1 Å². The van der Waals surface area contributed by atoms with Crippen LogP contribution in [-0.4, -0.2) is 16.7 Å². The molecule has 0 fully saturated rings. The van der Waals surface area contributed by atoms with E-state index in [0.29, 0.717) is 18.1 Å². The fourth-order valence-electron chi connectivity index (χ4n) is 2.15. The van der Waals surface area contributed by atoms with Gasteiger partial charge in [-0.1, -0.05) is 24.6 Å². The van der Waals surface area contributed by atoms with E-state index >= 15 is 0 Å². The van der Waals surface area contributed by atoms with E-state index in [1.165, 1.54) is 0 Å². The van der Waals surface area contributed by atoms with Gasteiger partial charge in [-0.05, 0) is 18.6 Å². The van der Waals surface area contributed by atoms with Gasteiger partial charge in [-0.2, -0.15) is 0 Å². The van der Waals surface area contributed by atoms with Crippen molar-refractivity contribution in [3.05, 3.63) is 47.0 Å². The van der Waals surface area contributed by atoms with Gasteiger partial charge in [0.25, 0.3) is 0 Å². The standard InChI is InChI=1S/C15H20ClN3O/c1-3-8-19-9-7-18-15(19)11-17-10-12-13(16)5-4-6-14(12)20-2/h4-7,9,17H,3,8,10-11H2,1-2H3. The SMILES string of the molecule is CCCn1ccnc1CNCc1c(Cl)cccc1OC. The van der Waals surface area contributed by atoms with Crippen molar-refractivity contribution >= 4 is 11.6 Å². The molecule has 1 N–H and O–H groups in total. The number of aryl methyl sites for hydroxylation is 1. The lowest BCUT2D eigenvalue weighted by atomic mass is 10.2. The zero-order valence-electron chi connectivity index (χ0n) is 11.9. The first-order valence-corrected chi connectivity index (χ1v) is 7.16. The van der Waals surface area contributed by atoms with Gasteiger partial charge in [0.2, 0.25) is 0 Å². The second-order valence-electron chi connectivity index (χ2n) is 4.56. The fraction of sp³-hybridized carbons (Fsp3) is 0.400. The number of hydrogen-bond acceptors (Lipinski definition) is 3. The average Bonchev–Trinajstić information content (AvgIpc) is 2.88. The second kappa shape index (κ2) is 7.31. The van der Waals surface area contributed by atoms with Crippen molar-refractivity contribution in [3.8, 4) is 5.75 Å². The summed E-state index contributed by atoms with van der Waals surface area (Å²) in [5, 5.41) is 4.09. The van der Waals surface area contributed by atoms with Crippen LogP contribution in [0.25, 0.3) is 0 Å². The molecule has 1 aromatic carbocycles. The molecule has 4 nitrogen and oxygen atoms in total. The van der Waals surface area contributed by atoms with Crippen molar-refractivity contribution in [2.45, 2.75) is 33.0 Å². The summed E-state index contributed by atoms with van der Waals surface area (Å²) < 4.78 is 7.49. The summed E-state index contributed by atoms with van der Waals surface area (Å²) in [7, 11) is 1.66. The molecule has 2 rings (SSSR count). The number of nitrogens with zero attached hydrogens (tertiary/aromatic N) is 2. The average molecular weight is 294 g/mol. The van der Waals surface area contributed by atoms with Crippen LogP contribution in [0.2, 0.25) is 5.02 Å². The summed E-state index contributed by atoms with van der Waals surface area (Å²) in [6, 6.07) is 5.68. The van der Waals surface area contributed by atoms with Crippen molar-refractivity contribution in [1.29, 1.82) is 0 Å². The summed E-state index contributed by atoms with van der Waals surface area (Å²) in [4.78, 5) is 4.37. The van der Waals surface area contributed by atoms with Crippen molar-refractivity contribution in [3.63, 3.8) is 0 Å². The molecule has 2 aromatic rings. The maximum absolute atomic E-state index is 6.21. The van der Waals surface area contributed by atoms with E-state index in [9.17, 15) is 0 Å². The van der Waals surface area contributed by atoms with Crippen LogP contribution >= 0.6 is 11.6 Å². The van der Waals surface area contributed by atoms with Crippen LogP contribution < -0.4 is 10.1 Å². The predicted octanol–water partition coefficient (Wildman–Crippen LogP) is 3.24. The van der Waals surface area contributed by atoms with E-state index in [1.807, 2.05) is 30.6 Å². The van der Waals surface area contributed by atoms with E-state index < -0.39 is 0 Å². The lowest BCUT2D eigenvalue weighted by molar-refractivity contribution is 0.407. The first kappa shape index (κ1) is 14.9. The van der Waals surface area contributed by atoms with E-state index in [2.05, 4.69) is 21.8 Å². The largest absolute Gasteiger partial charge is 0.496 e. The van der Waals surface area contributed by atoms with E-state index in [1.54, 1.807) is 7.11 Å². The molecule has 0 aliphatic carbocycles. The molecule has 0 bridgehead atoms. The Kier molecular flexibility index (Phi) is 5.44. The zero-order chi connectivity index (χ0) is 14.4. The predicted molar refractivity (Wildman–Crippen MR) is 81.1 cm³/mol. The lowest BCUT2D eigenvalue weighted by Crippen LogP contribution is -2.17. The summed E-state index contributed by atoms with van der Waals surface area (Å²) in [6.07, 6.45) is 4.95. The number of methoxy groups -OCH3 is 1. The first-order chi connectivity index (χ1) is 9.76. The van der Waals surface area contributed by atoms with Crippen molar-refractivity contribution in [1.82, 2.24) is 14.9 Å². The molecular weight excluding hydrogens is 274 g/mol. The lowest BCUT2D eigenvalue weighted by Gasteiger charge is -2.12. The van der Waals surface area contributed by atoms with Crippen molar-refractivity contribution in [2.75, 3.05) is 7.11 Å². The third kappa shape index (κ3) is 3.52. The molecule has 0 spiro atoms. The number of nitrogens with one attached hydrogen (secondary N) is 1. The van der Waals surface area contributed by atoms with Gasteiger partial charge in [0.05, 0.1) is 13.7 Å². The van der Waals surface area contributed by atoms with Gasteiger partial charge in [0.1, 0.15) is 11.6 Å². The van der Waals surface area contributed by atoms with E-state index in [4.69, 9.17) is 16.3 Å². The highest BCUT2D eigenvalue weighted by Gasteiger charge is 2.08. The number of halogens is 1. The molecule has 0 atom stereocenters. The smallest absolute Gasteiger partial charge is 0.124 e. The monoisotopic (exact) mass is 293 g/mol. The normalized spacial score (nSPS) is 10.8. The molecule has 5 heteroatoms. The van der Waals surface area contributed by atoms with Gasteiger partial charge in [0.15, 0.2) is 0 Å². The van der Waals surface area contributed by atoms with Gasteiger partial charge in [-0.25, -0.2) is 4.98 Å². The highest BCUT2D eigenvalue weighted by atomic mass is 35.5. The molecule has 1 aromatic heterocycles. The Morgan fingerprint density at radius 1 is 1.35 bits per heavy atom. The summed E-state index contributed by atoms with van der Waals surface area (Å²) in [5.41, 5.74) is 0.977. The Morgan fingerprint density at radius 3 is 2.95 bits per heavy atom. The second-order valence-corrected chi connectivity index (χ2v) is 4.97. The number of ether oxygens (including phenoxy) is 1. The van der Waals surface area contributed by atoms with Crippen molar-refractivity contribution in [2.24, 2.45) is 0 Å². The van der Waals surface area contributed by atoms with Crippen LogP contribution in [0.4, 0.5) is 0 Å². The Balaban J connectivity index is 1.98. The van der Waals surface area contributed by atoms with Crippen LogP contribution in [0.5, 0.6) is 5.75 Å². The molecule has 108 valence electrons. The Hall–Kier alpha value is -1.52. The number of rotatable bonds is 7. The first-order valence-electron chi connectivity index (χ1n) is 6.78. The zero-order valence-corrected chi connectivity index (χ0v) is 12.7. The molecule has 20 heavy (non-hydrogen) atoms. The topological polar surface area (TPSA) is 39.1 Å². The van der Waals surface area contributed by atoms with Crippen LogP contribution in [0, 0.1) is 0 Å². The molecular formula is C15H20ClN3O. The summed E-state index contributed by atoms with van der Waals surface area (Å²) in [6.45, 7) is 4.52. The Bertz CT molecular complexity index is 554. The van der Waals surface area contributed by atoms with E-state index in [-0.39, 0.29) is 0 Å². The quantitative estimate of drug-likeness (QED) is 0.852. The van der Waals surface area contributed by atoms with Gasteiger partial charge >= 0.3 is 0 Å². The van der Waals surface area contributed by atoms with Crippen molar-refractivity contribution < 1.29 is 4.74 Å². The fourth-order valence-corrected chi connectivity index (χ4v) is 2.39. The molecule has 1 heterocycles. The molecule has 0 unspecified atom stereocenters. The minimum absolute atomic E-state index is 0.655. The minimum Gasteiger partial charge on any atom is -0.496 e. The maximum atomic E-state index is 6.21. The van der Waals surface area contributed by atoms with Gasteiger partial charge in [-0.3, -0.25) is 0 Å². The van der Waals surface area contributed by atoms with Gasteiger partial charge in [0, 0.05) is 36.1 Å². The van der Waals surface area contributed by atoms with Crippen LogP contribution in [0.1, 0.15) is 24.7 Å². The highest BCUT2D eigenvalue weighted by Crippen LogP contribution is 2.25. The highest BCUT2D eigenvalue weighted by molar-refractivity contribution is 6.31. The Morgan fingerprint density at radius 2 is 2.20 bits per heavy atom. The number of benzene rings is 1. The molecule has 0 aliphatic heterocycles. The molecule has 0 saturated heterocycles. The van der Waals surface area contributed by atoms with Crippen LogP contribution in [0.15, 0.2) is 30.6 Å². The molecule has 0 radical (unpaired) electrons. The minimum atomic E-state index is 0.655. The van der Waals surface area contributed by atoms with Gasteiger partial charge in [-0.15, -0.1) is 0 Å². The van der Waals surface area contributed by atoms with Crippen LogP contribution in [0.3, 0.4) is 0 Å². The maximum Gasteiger partial charge on any atom is 0.124 e. The number of aromatic nitrogens is 2. The summed E-state index contributed by atoms with van der Waals surface area (Å²) >= 11 is 6.21. The number of hydrogen-bond donors (Lipinski definition) is 1. The third-order valence-electron chi connectivity index (χ3n) is 3.15. The Labute approximate surface area is 124 Å². The molecule has 0 saturated carbocycles.